The van der Waals surface area contributed by atoms with E-state index in [-0.39, 0.29) is 0 Å². The van der Waals surface area contributed by atoms with E-state index in [1.54, 1.807) is 0 Å². The molecule has 3 rings (SSSR count). The third-order valence-corrected chi connectivity index (χ3v) is 5.37. The Hall–Kier alpha value is -0.900. The number of piperidine rings is 1. The minimum absolute atomic E-state index is 0.560. The van der Waals surface area contributed by atoms with Crippen LogP contribution in [0.2, 0.25) is 0 Å². The highest BCUT2D eigenvalue weighted by atomic mass is 15.3. The third-order valence-electron chi connectivity index (χ3n) is 5.37. The van der Waals surface area contributed by atoms with Gasteiger partial charge >= 0.3 is 0 Å². The van der Waals surface area contributed by atoms with Gasteiger partial charge in [-0.25, -0.2) is 0 Å². The van der Waals surface area contributed by atoms with Crippen LogP contribution in [-0.2, 0) is 0 Å². The van der Waals surface area contributed by atoms with Crippen LogP contribution in [0.15, 0.2) is 30.3 Å². The van der Waals surface area contributed by atoms with Crippen LogP contribution in [0.3, 0.4) is 0 Å². The van der Waals surface area contributed by atoms with Gasteiger partial charge in [0.2, 0.25) is 0 Å². The van der Waals surface area contributed by atoms with E-state index < -0.39 is 0 Å². The van der Waals surface area contributed by atoms with Gasteiger partial charge in [0, 0.05) is 44.8 Å². The first-order chi connectivity index (χ1) is 10.9. The number of hydrogen-bond acceptors (Lipinski definition) is 3. The molecule has 2 unspecified atom stereocenters. The molecule has 2 atom stereocenters. The Morgan fingerprint density at radius 3 is 2.59 bits per heavy atom. The van der Waals surface area contributed by atoms with Gasteiger partial charge in [0.15, 0.2) is 0 Å². The number of rotatable bonds is 5. The Bertz CT molecular complexity index is 428. The summed E-state index contributed by atoms with van der Waals surface area (Å²) in [5, 5.41) is 3.47. The van der Waals surface area contributed by atoms with E-state index in [0.29, 0.717) is 6.04 Å². The van der Waals surface area contributed by atoms with Gasteiger partial charge in [-0.1, -0.05) is 43.7 Å². The number of likely N-dealkylation sites (tertiary alicyclic amines) is 1. The molecule has 0 spiro atoms. The highest BCUT2D eigenvalue weighted by Gasteiger charge is 2.30. The van der Waals surface area contributed by atoms with Crippen molar-refractivity contribution in [2.24, 2.45) is 0 Å². The quantitative estimate of drug-likeness (QED) is 0.902. The summed E-state index contributed by atoms with van der Waals surface area (Å²) in [4.78, 5) is 5.45. The molecule has 122 valence electrons. The molecule has 0 radical (unpaired) electrons. The van der Waals surface area contributed by atoms with Gasteiger partial charge in [0.05, 0.1) is 0 Å². The van der Waals surface area contributed by atoms with Crippen LogP contribution < -0.4 is 5.32 Å². The molecule has 1 aromatic rings. The van der Waals surface area contributed by atoms with E-state index >= 15 is 0 Å². The lowest BCUT2D eigenvalue weighted by molar-refractivity contribution is 0.0623. The van der Waals surface area contributed by atoms with Crippen LogP contribution in [-0.4, -0.2) is 55.1 Å². The SMILES string of the molecule is CCC1CCCCN1C(CN1CCNCC1)c1ccccc1. The minimum atomic E-state index is 0.560. The fraction of sp³-hybridized carbons (Fsp3) is 0.684. The van der Waals surface area contributed by atoms with Gasteiger partial charge in [0.25, 0.3) is 0 Å². The van der Waals surface area contributed by atoms with Crippen LogP contribution in [0.25, 0.3) is 0 Å². The highest BCUT2D eigenvalue weighted by molar-refractivity contribution is 5.20. The summed E-state index contributed by atoms with van der Waals surface area (Å²) in [5.74, 6) is 0. The summed E-state index contributed by atoms with van der Waals surface area (Å²) in [7, 11) is 0. The van der Waals surface area contributed by atoms with Crippen molar-refractivity contribution in [2.75, 3.05) is 39.3 Å². The number of piperazine rings is 1. The first-order valence-corrected chi connectivity index (χ1v) is 9.12. The van der Waals surface area contributed by atoms with Gasteiger partial charge in [-0.15, -0.1) is 0 Å². The molecule has 1 aromatic carbocycles. The molecule has 3 nitrogen and oxygen atoms in total. The third kappa shape index (κ3) is 3.89. The second-order valence-electron chi connectivity index (χ2n) is 6.77. The van der Waals surface area contributed by atoms with Gasteiger partial charge < -0.3 is 5.32 Å². The van der Waals surface area contributed by atoms with Crippen LogP contribution in [0.5, 0.6) is 0 Å². The zero-order valence-corrected chi connectivity index (χ0v) is 14.0. The van der Waals surface area contributed by atoms with Crippen LogP contribution in [0, 0.1) is 0 Å². The second-order valence-corrected chi connectivity index (χ2v) is 6.77. The van der Waals surface area contributed by atoms with Crippen LogP contribution in [0.1, 0.15) is 44.2 Å². The maximum absolute atomic E-state index is 3.47. The topological polar surface area (TPSA) is 18.5 Å². The first-order valence-electron chi connectivity index (χ1n) is 9.12. The van der Waals surface area contributed by atoms with Crippen molar-refractivity contribution in [3.8, 4) is 0 Å². The maximum atomic E-state index is 3.47. The summed E-state index contributed by atoms with van der Waals surface area (Å²) in [6.45, 7) is 9.46. The fourth-order valence-electron chi connectivity index (χ4n) is 4.09. The average molecular weight is 301 g/mol. The van der Waals surface area contributed by atoms with Crippen LogP contribution in [0.4, 0.5) is 0 Å². The van der Waals surface area contributed by atoms with Crippen molar-refractivity contribution in [3.05, 3.63) is 35.9 Å². The lowest BCUT2D eigenvalue weighted by atomic mass is 9.94. The molecule has 1 N–H and O–H groups in total. The molecule has 2 aliphatic heterocycles. The van der Waals surface area contributed by atoms with Gasteiger partial charge in [-0.2, -0.15) is 0 Å². The molecule has 2 saturated heterocycles. The van der Waals surface area contributed by atoms with Crippen molar-refractivity contribution >= 4 is 0 Å². The Kier molecular flexibility index (Phi) is 5.88. The standard InChI is InChI=1S/C19H31N3/c1-2-18-10-6-7-13-22(18)19(17-8-4-3-5-9-17)16-21-14-11-20-12-15-21/h3-5,8-9,18-20H,2,6-7,10-16H2,1H3. The molecule has 0 aromatic heterocycles. The lowest BCUT2D eigenvalue weighted by Crippen LogP contribution is -2.50. The average Bonchev–Trinajstić information content (AvgIpc) is 2.61. The molecular weight excluding hydrogens is 270 g/mol. The molecule has 0 aliphatic carbocycles. The van der Waals surface area contributed by atoms with Crippen molar-refractivity contribution in [3.63, 3.8) is 0 Å². The van der Waals surface area contributed by atoms with Crippen LogP contribution >= 0.6 is 0 Å². The molecule has 0 saturated carbocycles. The Morgan fingerprint density at radius 1 is 1.09 bits per heavy atom. The Labute approximate surface area is 135 Å². The van der Waals surface area contributed by atoms with Gasteiger partial charge in [0.1, 0.15) is 0 Å². The lowest BCUT2D eigenvalue weighted by Gasteiger charge is -2.43. The Balaban J connectivity index is 1.78. The molecule has 3 heteroatoms. The van der Waals surface area contributed by atoms with E-state index in [0.717, 1.165) is 19.1 Å². The second kappa shape index (κ2) is 8.09. The molecule has 22 heavy (non-hydrogen) atoms. The van der Waals surface area contributed by atoms with Crippen molar-refractivity contribution in [1.82, 2.24) is 15.1 Å². The normalized spacial score (nSPS) is 26.0. The van der Waals surface area contributed by atoms with E-state index in [1.807, 2.05) is 0 Å². The number of nitrogens with one attached hydrogen (secondary N) is 1. The zero-order chi connectivity index (χ0) is 15.2. The molecule has 2 aliphatic rings. The summed E-state index contributed by atoms with van der Waals surface area (Å²) in [6, 6.07) is 12.5. The predicted octanol–water partition coefficient (Wildman–Crippen LogP) is 2.90. The monoisotopic (exact) mass is 301 g/mol. The number of hydrogen-bond donors (Lipinski definition) is 1. The van der Waals surface area contributed by atoms with Crippen molar-refractivity contribution in [1.29, 1.82) is 0 Å². The molecular formula is C19H31N3. The largest absolute Gasteiger partial charge is 0.314 e. The smallest absolute Gasteiger partial charge is 0.0478 e. The Morgan fingerprint density at radius 2 is 1.86 bits per heavy atom. The number of nitrogens with zero attached hydrogens (tertiary/aromatic N) is 2. The molecule has 2 heterocycles. The summed E-state index contributed by atoms with van der Waals surface area (Å²) in [6.07, 6.45) is 5.43. The summed E-state index contributed by atoms with van der Waals surface area (Å²) < 4.78 is 0. The van der Waals surface area contributed by atoms with E-state index in [4.69, 9.17) is 0 Å². The van der Waals surface area contributed by atoms with E-state index in [2.05, 4.69) is 52.4 Å². The van der Waals surface area contributed by atoms with E-state index in [9.17, 15) is 0 Å². The van der Waals surface area contributed by atoms with Crippen molar-refractivity contribution < 1.29 is 0 Å². The summed E-state index contributed by atoms with van der Waals surface area (Å²) in [5.41, 5.74) is 1.50. The van der Waals surface area contributed by atoms with Gasteiger partial charge in [-0.3, -0.25) is 9.80 Å². The summed E-state index contributed by atoms with van der Waals surface area (Å²) >= 11 is 0. The predicted molar refractivity (Wildman–Crippen MR) is 93.1 cm³/mol. The zero-order valence-electron chi connectivity index (χ0n) is 14.0. The highest BCUT2D eigenvalue weighted by Crippen LogP contribution is 2.30. The number of benzene rings is 1. The molecule has 0 amide bonds. The molecule has 2 fully saturated rings. The minimum Gasteiger partial charge on any atom is -0.314 e. The van der Waals surface area contributed by atoms with Gasteiger partial charge in [-0.05, 0) is 31.4 Å². The van der Waals surface area contributed by atoms with E-state index in [1.165, 1.54) is 57.4 Å². The molecule has 0 bridgehead atoms. The first kappa shape index (κ1) is 16.0. The fourth-order valence-corrected chi connectivity index (χ4v) is 4.09. The maximum Gasteiger partial charge on any atom is 0.0478 e. The van der Waals surface area contributed by atoms with Crippen molar-refractivity contribution in [2.45, 2.75) is 44.7 Å².